The first-order valence-corrected chi connectivity index (χ1v) is 10.9. The molecule has 3 aromatic rings. The molecule has 0 unspecified atom stereocenters. The van der Waals surface area contributed by atoms with E-state index in [1.54, 1.807) is 0 Å². The molecule has 0 heterocycles. The number of hydrogen-bond donors (Lipinski definition) is 4. The zero-order valence-electron chi connectivity index (χ0n) is 14.2. The number of benzene rings is 3. The SMILES string of the molecule is Nc1ccc2cc(S(=O)(=O)O)cc(O)c2c1N=Nc1ccc(Cl)cc1S(=O)(=O)O. The number of phenolic OH excluding ortho intramolecular Hbond substituents is 1. The summed E-state index contributed by atoms with van der Waals surface area (Å²) in [6.45, 7) is 0. The van der Waals surface area contributed by atoms with Crippen LogP contribution in [0.15, 0.2) is 62.5 Å². The fourth-order valence-electron chi connectivity index (χ4n) is 2.55. The van der Waals surface area contributed by atoms with E-state index in [9.17, 15) is 31.0 Å². The lowest BCUT2D eigenvalue weighted by atomic mass is 10.1. The third kappa shape index (κ3) is 4.31. The highest BCUT2D eigenvalue weighted by molar-refractivity contribution is 7.86. The molecule has 0 aliphatic rings. The van der Waals surface area contributed by atoms with Crippen molar-refractivity contribution in [3.05, 3.63) is 47.5 Å². The van der Waals surface area contributed by atoms with Crippen molar-refractivity contribution < 1.29 is 31.0 Å². The molecule has 0 fully saturated rings. The highest BCUT2D eigenvalue weighted by atomic mass is 35.5. The lowest BCUT2D eigenvalue weighted by Gasteiger charge is -2.09. The minimum absolute atomic E-state index is 0.0171. The van der Waals surface area contributed by atoms with Crippen LogP contribution in [0.25, 0.3) is 10.8 Å². The molecule has 0 aliphatic carbocycles. The molecular weight excluding hydrogens is 446 g/mol. The minimum Gasteiger partial charge on any atom is -0.507 e. The van der Waals surface area contributed by atoms with Crippen molar-refractivity contribution in [2.24, 2.45) is 10.2 Å². The third-order valence-corrected chi connectivity index (χ3v) is 5.78. The van der Waals surface area contributed by atoms with E-state index in [4.69, 9.17) is 17.3 Å². The smallest absolute Gasteiger partial charge is 0.296 e. The van der Waals surface area contributed by atoms with E-state index < -0.39 is 35.8 Å². The fraction of sp³-hybridized carbons (Fsp3) is 0. The molecule has 0 saturated heterocycles. The number of nitrogens with two attached hydrogens (primary N) is 1. The number of nitrogens with zero attached hydrogens (tertiary/aromatic N) is 2. The van der Waals surface area contributed by atoms with Gasteiger partial charge in [0.05, 0.1) is 16.0 Å². The molecule has 13 heteroatoms. The Morgan fingerprint density at radius 1 is 0.897 bits per heavy atom. The Morgan fingerprint density at radius 2 is 1.59 bits per heavy atom. The number of rotatable bonds is 4. The zero-order chi connectivity index (χ0) is 21.6. The Kier molecular flexibility index (Phi) is 5.23. The lowest BCUT2D eigenvalue weighted by molar-refractivity contribution is 0.471. The van der Waals surface area contributed by atoms with Crippen LogP contribution < -0.4 is 5.73 Å². The Hall–Kier alpha value is -2.77. The molecule has 29 heavy (non-hydrogen) atoms. The quantitative estimate of drug-likeness (QED) is 0.260. The van der Waals surface area contributed by atoms with Gasteiger partial charge in [-0.2, -0.15) is 16.8 Å². The largest absolute Gasteiger partial charge is 0.507 e. The van der Waals surface area contributed by atoms with Crippen molar-refractivity contribution in [3.8, 4) is 5.75 Å². The third-order valence-electron chi connectivity index (χ3n) is 3.83. The molecule has 3 rings (SSSR count). The van der Waals surface area contributed by atoms with Crippen molar-refractivity contribution in [1.82, 2.24) is 0 Å². The van der Waals surface area contributed by atoms with Gasteiger partial charge in [-0.3, -0.25) is 9.11 Å². The van der Waals surface area contributed by atoms with Gasteiger partial charge in [0.1, 0.15) is 22.0 Å². The first-order chi connectivity index (χ1) is 13.4. The van der Waals surface area contributed by atoms with E-state index in [0.717, 1.165) is 18.2 Å². The van der Waals surface area contributed by atoms with Crippen molar-refractivity contribution >= 4 is 59.7 Å². The molecule has 5 N–H and O–H groups in total. The normalized spacial score (nSPS) is 12.7. The van der Waals surface area contributed by atoms with Gasteiger partial charge in [0, 0.05) is 11.1 Å². The number of phenols is 1. The molecule has 10 nitrogen and oxygen atoms in total. The first kappa shape index (κ1) is 21.0. The maximum absolute atomic E-state index is 11.5. The Bertz CT molecular complexity index is 1390. The summed E-state index contributed by atoms with van der Waals surface area (Å²) in [7, 11) is -9.23. The van der Waals surface area contributed by atoms with Crippen molar-refractivity contribution in [2.75, 3.05) is 5.73 Å². The highest BCUT2D eigenvalue weighted by Gasteiger charge is 2.18. The van der Waals surface area contributed by atoms with Crippen LogP contribution in [0.1, 0.15) is 0 Å². The summed E-state index contributed by atoms with van der Waals surface area (Å²) in [4.78, 5) is -1.13. The zero-order valence-corrected chi connectivity index (χ0v) is 16.6. The van der Waals surface area contributed by atoms with Gasteiger partial charge in [0.25, 0.3) is 20.2 Å². The van der Waals surface area contributed by atoms with Gasteiger partial charge in [0.15, 0.2) is 0 Å². The van der Waals surface area contributed by atoms with Crippen LogP contribution >= 0.6 is 11.6 Å². The van der Waals surface area contributed by atoms with Gasteiger partial charge in [-0.25, -0.2) is 0 Å². The monoisotopic (exact) mass is 457 g/mol. The van der Waals surface area contributed by atoms with E-state index >= 15 is 0 Å². The average Bonchev–Trinajstić information content (AvgIpc) is 2.60. The summed E-state index contributed by atoms with van der Waals surface area (Å²) in [5.41, 5.74) is 5.58. The second kappa shape index (κ2) is 7.24. The molecule has 152 valence electrons. The molecule has 0 spiro atoms. The summed E-state index contributed by atoms with van der Waals surface area (Å²) in [6.07, 6.45) is 0. The minimum atomic E-state index is -4.66. The fourth-order valence-corrected chi connectivity index (χ4v) is 3.97. The molecule has 0 atom stereocenters. The number of fused-ring (bicyclic) bond motifs is 1. The van der Waals surface area contributed by atoms with Gasteiger partial charge >= 0.3 is 0 Å². The van der Waals surface area contributed by atoms with Gasteiger partial charge in [-0.1, -0.05) is 17.7 Å². The number of nitrogen functional groups attached to an aromatic ring is 1. The number of azo groups is 1. The van der Waals surface area contributed by atoms with Gasteiger partial charge in [0.2, 0.25) is 0 Å². The predicted octanol–water partition coefficient (Wildman–Crippen LogP) is 3.69. The molecule has 0 amide bonds. The maximum atomic E-state index is 11.5. The summed E-state index contributed by atoms with van der Waals surface area (Å²) in [6, 6.07) is 8.16. The van der Waals surface area contributed by atoms with Crippen LogP contribution in [-0.2, 0) is 20.2 Å². The summed E-state index contributed by atoms with van der Waals surface area (Å²) in [5, 5.41) is 18.1. The maximum Gasteiger partial charge on any atom is 0.296 e. The van der Waals surface area contributed by atoms with Crippen molar-refractivity contribution in [3.63, 3.8) is 0 Å². The standard InChI is InChI=1S/C16H12ClN3O7S2/c17-9-2-4-12(14(6-9)29(25,26)27)19-20-16-11(18)3-1-8-5-10(28(22,23)24)7-13(21)15(8)16/h1-7,21H,18H2,(H,22,23,24)(H,25,26,27). The Morgan fingerprint density at radius 3 is 2.21 bits per heavy atom. The van der Waals surface area contributed by atoms with Gasteiger partial charge in [-0.15, -0.1) is 10.2 Å². The number of hydrogen-bond acceptors (Lipinski definition) is 8. The molecule has 0 saturated carbocycles. The van der Waals surface area contributed by atoms with E-state index in [-0.39, 0.29) is 32.9 Å². The van der Waals surface area contributed by atoms with E-state index in [1.165, 1.54) is 24.3 Å². The summed E-state index contributed by atoms with van der Waals surface area (Å²) in [5.74, 6) is -0.553. The van der Waals surface area contributed by atoms with Crippen LogP contribution in [0.3, 0.4) is 0 Å². The van der Waals surface area contributed by atoms with Crippen LogP contribution in [0.2, 0.25) is 5.02 Å². The second-order valence-electron chi connectivity index (χ2n) is 5.81. The average molecular weight is 458 g/mol. The number of anilines is 1. The van der Waals surface area contributed by atoms with Crippen LogP contribution in [0.4, 0.5) is 17.1 Å². The lowest BCUT2D eigenvalue weighted by Crippen LogP contribution is -1.98. The van der Waals surface area contributed by atoms with E-state index in [1.807, 2.05) is 0 Å². The first-order valence-electron chi connectivity index (χ1n) is 7.59. The highest BCUT2D eigenvalue weighted by Crippen LogP contribution is 2.40. The van der Waals surface area contributed by atoms with Gasteiger partial charge in [-0.05, 0) is 35.7 Å². The molecule has 0 bridgehead atoms. The van der Waals surface area contributed by atoms with Crippen molar-refractivity contribution in [2.45, 2.75) is 9.79 Å². The molecule has 3 aromatic carbocycles. The van der Waals surface area contributed by atoms with E-state index in [0.29, 0.717) is 0 Å². The molecular formula is C16H12ClN3O7S2. The van der Waals surface area contributed by atoms with E-state index in [2.05, 4.69) is 10.2 Å². The Balaban J connectivity index is 2.23. The molecule has 0 aromatic heterocycles. The predicted molar refractivity (Wildman–Crippen MR) is 105 cm³/mol. The van der Waals surface area contributed by atoms with Crippen molar-refractivity contribution in [1.29, 1.82) is 0 Å². The second-order valence-corrected chi connectivity index (χ2v) is 9.05. The topological polar surface area (TPSA) is 180 Å². The van der Waals surface area contributed by atoms with Crippen LogP contribution in [0.5, 0.6) is 5.75 Å². The van der Waals surface area contributed by atoms with Gasteiger partial charge < -0.3 is 10.8 Å². The Labute approximate surface area is 169 Å². The number of halogens is 1. The molecule has 0 radical (unpaired) electrons. The summed E-state index contributed by atoms with van der Waals surface area (Å²) < 4.78 is 64.3. The van der Waals surface area contributed by atoms with Crippen LogP contribution in [0, 0.1) is 0 Å². The summed E-state index contributed by atoms with van der Waals surface area (Å²) >= 11 is 5.75. The number of aromatic hydroxyl groups is 1. The molecule has 0 aliphatic heterocycles. The van der Waals surface area contributed by atoms with Crippen LogP contribution in [-0.4, -0.2) is 31.0 Å².